The Morgan fingerprint density at radius 3 is 2.29 bits per heavy atom. The van der Waals surface area contributed by atoms with Crippen molar-refractivity contribution >= 4 is 23.9 Å². The van der Waals surface area contributed by atoms with Gasteiger partial charge >= 0.3 is 0 Å². The molecule has 34 heavy (non-hydrogen) atoms. The lowest BCUT2D eigenvalue weighted by atomic mass is 9.90. The Balaban J connectivity index is 0.00000158. The van der Waals surface area contributed by atoms with Crippen LogP contribution in [-0.4, -0.2) is 35.3 Å². The normalized spacial score (nSPS) is 13.4. The third-order valence-electron chi connectivity index (χ3n) is 5.73. The van der Waals surface area contributed by atoms with Gasteiger partial charge in [0.25, 0.3) is 0 Å². The van der Waals surface area contributed by atoms with Gasteiger partial charge in [-0.1, -0.05) is 66.0 Å². The standard InChI is InChI=1S/C27H30N2O2S.CH4O/c1-17-11-13-19(14-12-17)24-23(22(16-30)31-27(3,4)5)18(2)26-25(28-24)21-10-8-7-9-20(21)15-29(26)32-6;1-2/h7-14,16,22H,15H2,1-6H3;2H,1H3. The second-order valence-electron chi connectivity index (χ2n) is 9.23. The molecule has 0 amide bonds. The SMILES string of the molecule is CO.CSN1Cc2ccccc2-c2nc(-c3ccc(C)cc3)c(C(C=O)OC(C)(C)C)c(C)c21. The van der Waals surface area contributed by atoms with E-state index in [1.165, 1.54) is 11.1 Å². The summed E-state index contributed by atoms with van der Waals surface area (Å²) in [5, 5.41) is 7.00. The average Bonchev–Trinajstić information content (AvgIpc) is 2.83. The molecule has 1 aliphatic heterocycles. The van der Waals surface area contributed by atoms with E-state index in [1.807, 2.05) is 20.8 Å². The van der Waals surface area contributed by atoms with Gasteiger partial charge in [-0.3, -0.25) is 0 Å². The Labute approximate surface area is 207 Å². The van der Waals surface area contributed by atoms with Gasteiger partial charge in [-0.15, -0.1) is 0 Å². The fourth-order valence-corrected chi connectivity index (χ4v) is 4.97. The van der Waals surface area contributed by atoms with E-state index in [9.17, 15) is 4.79 Å². The monoisotopic (exact) mass is 478 g/mol. The second-order valence-corrected chi connectivity index (χ2v) is 10.0. The minimum absolute atomic E-state index is 0.468. The molecule has 1 unspecified atom stereocenters. The topological polar surface area (TPSA) is 62.7 Å². The summed E-state index contributed by atoms with van der Waals surface area (Å²) in [7, 11) is 1.00. The summed E-state index contributed by atoms with van der Waals surface area (Å²) < 4.78 is 8.50. The van der Waals surface area contributed by atoms with Crippen LogP contribution in [0.3, 0.4) is 0 Å². The highest BCUT2D eigenvalue weighted by molar-refractivity contribution is 7.99. The number of fused-ring (bicyclic) bond motifs is 3. The molecule has 0 radical (unpaired) electrons. The maximum atomic E-state index is 12.3. The zero-order chi connectivity index (χ0) is 25.0. The number of carbonyl (C=O) groups excluding carboxylic acids is 1. The number of nitrogens with zero attached hydrogens (tertiary/aromatic N) is 2. The smallest absolute Gasteiger partial charge is 0.153 e. The van der Waals surface area contributed by atoms with E-state index >= 15 is 0 Å². The number of anilines is 1. The number of hydrogen-bond acceptors (Lipinski definition) is 6. The molecule has 1 aromatic heterocycles. The van der Waals surface area contributed by atoms with Crippen molar-refractivity contribution < 1.29 is 14.6 Å². The van der Waals surface area contributed by atoms with Crippen LogP contribution in [-0.2, 0) is 16.1 Å². The van der Waals surface area contributed by atoms with Crippen molar-refractivity contribution in [1.29, 1.82) is 0 Å². The summed E-state index contributed by atoms with van der Waals surface area (Å²) in [5.41, 5.74) is 8.81. The van der Waals surface area contributed by atoms with Gasteiger partial charge in [0, 0.05) is 30.1 Å². The van der Waals surface area contributed by atoms with Crippen LogP contribution < -0.4 is 4.31 Å². The van der Waals surface area contributed by atoms with E-state index < -0.39 is 11.7 Å². The van der Waals surface area contributed by atoms with Crippen LogP contribution in [0.2, 0.25) is 0 Å². The first-order valence-electron chi connectivity index (χ1n) is 11.3. The lowest BCUT2D eigenvalue weighted by Gasteiger charge is -2.34. The van der Waals surface area contributed by atoms with Crippen molar-refractivity contribution in [2.75, 3.05) is 17.7 Å². The summed E-state index contributed by atoms with van der Waals surface area (Å²) in [6.45, 7) is 10.9. The van der Waals surface area contributed by atoms with Gasteiger partial charge in [0.1, 0.15) is 6.10 Å². The zero-order valence-corrected chi connectivity index (χ0v) is 21.9. The molecule has 180 valence electrons. The molecule has 5 nitrogen and oxygen atoms in total. The fourth-order valence-electron chi connectivity index (χ4n) is 4.29. The molecule has 2 heterocycles. The van der Waals surface area contributed by atoms with Crippen molar-refractivity contribution in [3.05, 3.63) is 70.8 Å². The van der Waals surface area contributed by atoms with Gasteiger partial charge in [-0.25, -0.2) is 4.98 Å². The first-order valence-corrected chi connectivity index (χ1v) is 12.5. The molecule has 6 heteroatoms. The van der Waals surface area contributed by atoms with Gasteiger partial charge in [0.15, 0.2) is 6.29 Å². The molecule has 0 saturated heterocycles. The molecular formula is C28H34N2O3S. The van der Waals surface area contributed by atoms with Crippen LogP contribution in [0, 0.1) is 13.8 Å². The number of carbonyl (C=O) groups is 1. The van der Waals surface area contributed by atoms with Crippen LogP contribution >= 0.6 is 11.9 Å². The number of aliphatic hydroxyl groups is 1. The number of ether oxygens (including phenoxy) is 1. The number of pyridine rings is 1. The van der Waals surface area contributed by atoms with Crippen LogP contribution in [0.15, 0.2) is 48.5 Å². The first kappa shape index (κ1) is 25.9. The van der Waals surface area contributed by atoms with Gasteiger partial charge in [0.2, 0.25) is 0 Å². The van der Waals surface area contributed by atoms with E-state index in [1.54, 1.807) is 11.9 Å². The second kappa shape index (κ2) is 10.7. The highest BCUT2D eigenvalue weighted by Crippen LogP contribution is 2.47. The Kier molecular flexibility index (Phi) is 8.18. The van der Waals surface area contributed by atoms with Gasteiger partial charge in [0.05, 0.1) is 29.2 Å². The number of aldehydes is 1. The van der Waals surface area contributed by atoms with E-state index in [0.717, 1.165) is 59.3 Å². The molecule has 2 aromatic carbocycles. The third kappa shape index (κ3) is 5.19. The average molecular weight is 479 g/mol. The lowest BCUT2D eigenvalue weighted by molar-refractivity contribution is -0.128. The molecule has 0 bridgehead atoms. The number of rotatable bonds is 5. The maximum absolute atomic E-state index is 12.3. The minimum atomic E-state index is -0.704. The number of benzene rings is 2. The van der Waals surface area contributed by atoms with Crippen molar-refractivity contribution in [3.63, 3.8) is 0 Å². The van der Waals surface area contributed by atoms with E-state index in [4.69, 9.17) is 14.8 Å². The molecule has 1 aliphatic rings. The third-order valence-corrected chi connectivity index (χ3v) is 6.48. The Hall–Kier alpha value is -2.67. The molecule has 0 saturated carbocycles. The molecule has 3 aromatic rings. The first-order chi connectivity index (χ1) is 16.2. The summed E-state index contributed by atoms with van der Waals surface area (Å²) >= 11 is 1.68. The molecule has 1 atom stereocenters. The number of aryl methyl sites for hydroxylation is 1. The summed E-state index contributed by atoms with van der Waals surface area (Å²) in [5.74, 6) is 0. The predicted molar refractivity (Wildman–Crippen MR) is 142 cm³/mol. The number of aliphatic hydroxyl groups excluding tert-OH is 1. The largest absolute Gasteiger partial charge is 0.400 e. The van der Waals surface area contributed by atoms with Crippen LogP contribution in [0.4, 0.5) is 5.69 Å². The highest BCUT2D eigenvalue weighted by Gasteiger charge is 2.32. The summed E-state index contributed by atoms with van der Waals surface area (Å²) in [6.07, 6.45) is 2.28. The highest BCUT2D eigenvalue weighted by atomic mass is 32.2. The van der Waals surface area contributed by atoms with Crippen LogP contribution in [0.5, 0.6) is 0 Å². The number of aromatic nitrogens is 1. The van der Waals surface area contributed by atoms with Crippen LogP contribution in [0.1, 0.15) is 49.1 Å². The van der Waals surface area contributed by atoms with E-state index in [2.05, 4.69) is 72.9 Å². The van der Waals surface area contributed by atoms with Crippen molar-refractivity contribution in [2.24, 2.45) is 0 Å². The van der Waals surface area contributed by atoms with E-state index in [-0.39, 0.29) is 0 Å². The van der Waals surface area contributed by atoms with Crippen LogP contribution in [0.25, 0.3) is 22.5 Å². The Morgan fingerprint density at radius 2 is 1.71 bits per heavy atom. The van der Waals surface area contributed by atoms with Gasteiger partial charge < -0.3 is 18.9 Å². The molecule has 1 N–H and O–H groups in total. The fraction of sp³-hybridized carbons (Fsp3) is 0.357. The van der Waals surface area contributed by atoms with Crippen molar-refractivity contribution in [3.8, 4) is 22.5 Å². The molecule has 0 fully saturated rings. The molecule has 0 spiro atoms. The lowest BCUT2D eigenvalue weighted by Crippen LogP contribution is -2.26. The minimum Gasteiger partial charge on any atom is -0.400 e. The maximum Gasteiger partial charge on any atom is 0.153 e. The van der Waals surface area contributed by atoms with Gasteiger partial charge in [-0.05, 0) is 45.7 Å². The van der Waals surface area contributed by atoms with Gasteiger partial charge in [-0.2, -0.15) is 0 Å². The zero-order valence-electron chi connectivity index (χ0n) is 21.0. The van der Waals surface area contributed by atoms with Crippen molar-refractivity contribution in [1.82, 2.24) is 4.98 Å². The summed E-state index contributed by atoms with van der Waals surface area (Å²) in [4.78, 5) is 17.5. The predicted octanol–water partition coefficient (Wildman–Crippen LogP) is 6.29. The van der Waals surface area contributed by atoms with Crippen molar-refractivity contribution in [2.45, 2.75) is 52.9 Å². The molecular weight excluding hydrogens is 444 g/mol. The molecule has 4 rings (SSSR count). The Morgan fingerprint density at radius 1 is 1.06 bits per heavy atom. The summed E-state index contributed by atoms with van der Waals surface area (Å²) in [6, 6.07) is 16.7. The van der Waals surface area contributed by atoms with E-state index in [0.29, 0.717) is 0 Å². The molecule has 0 aliphatic carbocycles. The quantitative estimate of drug-likeness (QED) is 0.343. The Bertz CT molecular complexity index is 1150. The number of hydrogen-bond donors (Lipinski definition) is 1.